The summed E-state index contributed by atoms with van der Waals surface area (Å²) in [7, 11) is 7.54. The number of carbonyl (C=O) groups is 2. The summed E-state index contributed by atoms with van der Waals surface area (Å²) in [5.41, 5.74) is 1.35. The van der Waals surface area contributed by atoms with Gasteiger partial charge in [-0.15, -0.1) is 0 Å². The van der Waals surface area contributed by atoms with Crippen molar-refractivity contribution in [1.29, 1.82) is 0 Å². The maximum Gasteiger partial charge on any atom is 0.238 e. The first kappa shape index (κ1) is 18.1. The van der Waals surface area contributed by atoms with E-state index in [0.29, 0.717) is 24.5 Å². The fraction of sp³-hybridized carbons (Fsp3) is 0.500. The van der Waals surface area contributed by atoms with E-state index < -0.39 is 0 Å². The molecule has 0 radical (unpaired) electrons. The van der Waals surface area contributed by atoms with Gasteiger partial charge in [-0.1, -0.05) is 13.0 Å². The Balaban J connectivity index is 2.64. The van der Waals surface area contributed by atoms with Gasteiger partial charge in [-0.25, -0.2) is 0 Å². The molecule has 0 aliphatic carbocycles. The molecule has 0 aromatic heterocycles. The molecule has 1 aromatic carbocycles. The third kappa shape index (κ3) is 6.69. The van der Waals surface area contributed by atoms with E-state index in [2.05, 4.69) is 10.6 Å². The largest absolute Gasteiger partial charge is 0.326 e. The molecule has 1 unspecified atom stereocenters. The minimum atomic E-state index is -0.109. The number of likely N-dealkylation sites (N-methyl/N-ethyl adjacent to an activating group) is 1. The molecule has 1 atom stereocenters. The van der Waals surface area contributed by atoms with Gasteiger partial charge in [-0.2, -0.15) is 0 Å². The number of hydrogen-bond donors (Lipinski definition) is 2. The SMILES string of the molecule is CC(CN(C)C)C(=O)Nc1cccc(NC(=O)CN(C)C)c1. The summed E-state index contributed by atoms with van der Waals surface area (Å²) < 4.78 is 0. The van der Waals surface area contributed by atoms with E-state index >= 15 is 0 Å². The topological polar surface area (TPSA) is 64.7 Å². The van der Waals surface area contributed by atoms with Crippen molar-refractivity contribution in [1.82, 2.24) is 9.80 Å². The number of nitrogens with zero attached hydrogens (tertiary/aromatic N) is 2. The number of hydrogen-bond acceptors (Lipinski definition) is 4. The second-order valence-corrected chi connectivity index (χ2v) is 6.02. The molecule has 0 bridgehead atoms. The third-order valence-electron chi connectivity index (χ3n) is 2.96. The molecule has 0 saturated heterocycles. The van der Waals surface area contributed by atoms with Crippen molar-refractivity contribution in [2.75, 3.05) is 51.9 Å². The molecule has 122 valence electrons. The number of carbonyl (C=O) groups excluding carboxylic acids is 2. The fourth-order valence-corrected chi connectivity index (χ4v) is 2.06. The highest BCUT2D eigenvalue weighted by molar-refractivity contribution is 5.95. The van der Waals surface area contributed by atoms with Crippen LogP contribution in [0.5, 0.6) is 0 Å². The van der Waals surface area contributed by atoms with E-state index in [1.165, 1.54) is 0 Å². The Kier molecular flexibility index (Phi) is 7.01. The van der Waals surface area contributed by atoms with Crippen LogP contribution in [0, 0.1) is 5.92 Å². The highest BCUT2D eigenvalue weighted by Crippen LogP contribution is 2.16. The molecule has 0 heterocycles. The van der Waals surface area contributed by atoms with E-state index in [1.807, 2.05) is 46.1 Å². The Morgan fingerprint density at radius 3 is 2.18 bits per heavy atom. The Morgan fingerprint density at radius 1 is 1.05 bits per heavy atom. The monoisotopic (exact) mass is 306 g/mol. The average molecular weight is 306 g/mol. The maximum atomic E-state index is 12.1. The van der Waals surface area contributed by atoms with Crippen LogP contribution in [-0.4, -0.2) is 62.9 Å². The fourth-order valence-electron chi connectivity index (χ4n) is 2.06. The van der Waals surface area contributed by atoms with Crippen molar-refractivity contribution >= 4 is 23.2 Å². The number of amides is 2. The third-order valence-corrected chi connectivity index (χ3v) is 2.96. The normalized spacial score (nSPS) is 12.3. The lowest BCUT2D eigenvalue weighted by molar-refractivity contribution is -0.119. The molecule has 2 amide bonds. The molecular formula is C16H26N4O2. The number of benzene rings is 1. The first-order valence-electron chi connectivity index (χ1n) is 7.28. The van der Waals surface area contributed by atoms with Crippen molar-refractivity contribution < 1.29 is 9.59 Å². The van der Waals surface area contributed by atoms with Gasteiger partial charge in [-0.05, 0) is 46.4 Å². The second kappa shape index (κ2) is 8.51. The van der Waals surface area contributed by atoms with Gasteiger partial charge in [0.1, 0.15) is 0 Å². The minimum Gasteiger partial charge on any atom is -0.326 e. The molecule has 0 spiro atoms. The van der Waals surface area contributed by atoms with Crippen LogP contribution in [0.3, 0.4) is 0 Å². The smallest absolute Gasteiger partial charge is 0.238 e. The van der Waals surface area contributed by atoms with Gasteiger partial charge in [-0.3, -0.25) is 9.59 Å². The van der Waals surface area contributed by atoms with Gasteiger partial charge < -0.3 is 20.4 Å². The first-order chi connectivity index (χ1) is 10.3. The first-order valence-corrected chi connectivity index (χ1v) is 7.28. The zero-order chi connectivity index (χ0) is 16.7. The van der Waals surface area contributed by atoms with E-state index in [4.69, 9.17) is 0 Å². The van der Waals surface area contributed by atoms with Crippen molar-refractivity contribution in [2.24, 2.45) is 5.92 Å². The summed E-state index contributed by atoms with van der Waals surface area (Å²) in [6.45, 7) is 2.89. The van der Waals surface area contributed by atoms with Crippen LogP contribution in [0.15, 0.2) is 24.3 Å². The van der Waals surface area contributed by atoms with E-state index in [0.717, 1.165) is 0 Å². The summed E-state index contributed by atoms with van der Waals surface area (Å²) >= 11 is 0. The van der Waals surface area contributed by atoms with Crippen LogP contribution in [0.4, 0.5) is 11.4 Å². The predicted octanol–water partition coefficient (Wildman–Crippen LogP) is 1.32. The molecule has 0 saturated carbocycles. The average Bonchev–Trinajstić information content (AvgIpc) is 2.36. The minimum absolute atomic E-state index is 0.0366. The molecule has 6 heteroatoms. The number of rotatable bonds is 7. The second-order valence-electron chi connectivity index (χ2n) is 6.02. The summed E-state index contributed by atoms with van der Waals surface area (Å²) in [6.07, 6.45) is 0. The zero-order valence-electron chi connectivity index (χ0n) is 14.0. The lowest BCUT2D eigenvalue weighted by Gasteiger charge is -2.17. The summed E-state index contributed by atoms with van der Waals surface area (Å²) in [5, 5.41) is 5.68. The standard InChI is InChI=1S/C16H26N4O2/c1-12(10-19(2)3)16(22)18-14-8-6-7-13(9-14)17-15(21)11-20(4)5/h6-9,12H,10-11H2,1-5H3,(H,17,21)(H,18,22). The summed E-state index contributed by atoms with van der Waals surface area (Å²) in [5.74, 6) is -0.234. The van der Waals surface area contributed by atoms with Gasteiger partial charge in [0.25, 0.3) is 0 Å². The number of nitrogens with one attached hydrogen (secondary N) is 2. The van der Waals surface area contributed by atoms with Gasteiger partial charge in [0.2, 0.25) is 11.8 Å². The van der Waals surface area contributed by atoms with Crippen molar-refractivity contribution in [3.63, 3.8) is 0 Å². The van der Waals surface area contributed by atoms with Crippen LogP contribution >= 0.6 is 0 Å². The lowest BCUT2D eigenvalue weighted by Crippen LogP contribution is -2.30. The molecule has 6 nitrogen and oxygen atoms in total. The Bertz CT molecular complexity index is 515. The molecule has 1 rings (SSSR count). The molecule has 0 aliphatic rings. The molecule has 1 aromatic rings. The highest BCUT2D eigenvalue weighted by atomic mass is 16.2. The van der Waals surface area contributed by atoms with Crippen LogP contribution < -0.4 is 10.6 Å². The Morgan fingerprint density at radius 2 is 1.64 bits per heavy atom. The summed E-state index contributed by atoms with van der Waals surface area (Å²) in [4.78, 5) is 27.6. The lowest BCUT2D eigenvalue weighted by atomic mass is 10.1. The van der Waals surface area contributed by atoms with Crippen LogP contribution in [0.2, 0.25) is 0 Å². The van der Waals surface area contributed by atoms with Crippen LogP contribution in [0.25, 0.3) is 0 Å². The quantitative estimate of drug-likeness (QED) is 0.797. The Labute approximate surface area is 132 Å². The highest BCUT2D eigenvalue weighted by Gasteiger charge is 2.14. The maximum absolute atomic E-state index is 12.1. The van der Waals surface area contributed by atoms with Gasteiger partial charge >= 0.3 is 0 Å². The molecule has 22 heavy (non-hydrogen) atoms. The van der Waals surface area contributed by atoms with Crippen LogP contribution in [0.1, 0.15) is 6.92 Å². The Hall–Kier alpha value is -1.92. The molecular weight excluding hydrogens is 280 g/mol. The van der Waals surface area contributed by atoms with Gasteiger partial charge in [0, 0.05) is 23.8 Å². The van der Waals surface area contributed by atoms with Crippen molar-refractivity contribution in [2.45, 2.75) is 6.92 Å². The molecule has 2 N–H and O–H groups in total. The van der Waals surface area contributed by atoms with E-state index in [-0.39, 0.29) is 17.7 Å². The molecule has 0 fully saturated rings. The summed E-state index contributed by atoms with van der Waals surface area (Å²) in [6, 6.07) is 7.17. The molecule has 0 aliphatic heterocycles. The number of anilines is 2. The van der Waals surface area contributed by atoms with Gasteiger partial charge in [0.05, 0.1) is 6.54 Å². The van der Waals surface area contributed by atoms with E-state index in [1.54, 1.807) is 23.1 Å². The predicted molar refractivity (Wildman–Crippen MR) is 90.0 cm³/mol. The van der Waals surface area contributed by atoms with Crippen LogP contribution in [-0.2, 0) is 9.59 Å². The van der Waals surface area contributed by atoms with Crippen molar-refractivity contribution in [3.8, 4) is 0 Å². The zero-order valence-corrected chi connectivity index (χ0v) is 14.0. The van der Waals surface area contributed by atoms with E-state index in [9.17, 15) is 9.59 Å². The van der Waals surface area contributed by atoms with Crippen molar-refractivity contribution in [3.05, 3.63) is 24.3 Å². The van der Waals surface area contributed by atoms with Gasteiger partial charge in [0.15, 0.2) is 0 Å².